The van der Waals surface area contributed by atoms with Gasteiger partial charge in [0.15, 0.2) is 0 Å². The zero-order valence-corrected chi connectivity index (χ0v) is 14.6. The molecular formula is C14H10Br3FO. The normalized spacial score (nSPS) is 10.5. The molecule has 0 radical (unpaired) electrons. The van der Waals surface area contributed by atoms with Crippen molar-refractivity contribution in [3.8, 4) is 5.75 Å². The molecule has 1 nitrogen and oxygen atoms in total. The van der Waals surface area contributed by atoms with Crippen molar-refractivity contribution in [1.29, 1.82) is 0 Å². The lowest BCUT2D eigenvalue weighted by Gasteiger charge is -2.09. The topological polar surface area (TPSA) is 9.23 Å². The number of halogens is 4. The Hall–Kier alpha value is -0.390. The number of rotatable bonds is 4. The Morgan fingerprint density at radius 3 is 2.42 bits per heavy atom. The first-order valence-corrected chi connectivity index (χ1v) is 8.21. The minimum Gasteiger partial charge on any atom is -0.488 e. The van der Waals surface area contributed by atoms with E-state index < -0.39 is 0 Å². The molecule has 0 aliphatic heterocycles. The SMILES string of the molecule is Fc1cc(Br)cc(COc2ccc(CBr)cc2Br)c1. The first kappa shape index (κ1) is 15.0. The van der Waals surface area contributed by atoms with E-state index in [0.29, 0.717) is 11.1 Å². The van der Waals surface area contributed by atoms with Crippen LogP contribution in [0, 0.1) is 5.82 Å². The average Bonchev–Trinajstić information content (AvgIpc) is 2.36. The molecule has 100 valence electrons. The average molecular weight is 453 g/mol. The molecule has 0 heterocycles. The fraction of sp³-hybridized carbons (Fsp3) is 0.143. The molecule has 0 aromatic heterocycles. The number of hydrogen-bond donors (Lipinski definition) is 0. The summed E-state index contributed by atoms with van der Waals surface area (Å²) >= 11 is 10.1. The molecule has 2 aromatic carbocycles. The molecule has 0 N–H and O–H groups in total. The maximum Gasteiger partial charge on any atom is 0.134 e. The van der Waals surface area contributed by atoms with Crippen LogP contribution in [0.2, 0.25) is 0 Å². The van der Waals surface area contributed by atoms with E-state index in [-0.39, 0.29) is 5.82 Å². The molecule has 0 saturated carbocycles. The maximum absolute atomic E-state index is 13.2. The summed E-state index contributed by atoms with van der Waals surface area (Å²) in [5.41, 5.74) is 1.94. The van der Waals surface area contributed by atoms with Gasteiger partial charge >= 0.3 is 0 Å². The van der Waals surface area contributed by atoms with Crippen LogP contribution in [0.5, 0.6) is 5.75 Å². The van der Waals surface area contributed by atoms with Gasteiger partial charge in [-0.3, -0.25) is 0 Å². The molecular weight excluding hydrogens is 443 g/mol. The van der Waals surface area contributed by atoms with Crippen molar-refractivity contribution >= 4 is 47.8 Å². The van der Waals surface area contributed by atoms with Crippen LogP contribution in [0.3, 0.4) is 0 Å². The molecule has 0 saturated heterocycles. The lowest BCUT2D eigenvalue weighted by molar-refractivity contribution is 0.303. The lowest BCUT2D eigenvalue weighted by atomic mass is 10.2. The van der Waals surface area contributed by atoms with Crippen LogP contribution in [0.15, 0.2) is 45.3 Å². The summed E-state index contributed by atoms with van der Waals surface area (Å²) in [6.07, 6.45) is 0. The van der Waals surface area contributed by atoms with E-state index in [0.717, 1.165) is 26.7 Å². The van der Waals surface area contributed by atoms with Crippen LogP contribution in [0.25, 0.3) is 0 Å². The molecule has 19 heavy (non-hydrogen) atoms. The minimum absolute atomic E-state index is 0.276. The van der Waals surface area contributed by atoms with E-state index in [1.165, 1.54) is 12.1 Å². The van der Waals surface area contributed by atoms with E-state index in [4.69, 9.17) is 4.74 Å². The minimum atomic E-state index is -0.276. The van der Waals surface area contributed by atoms with Crippen molar-refractivity contribution in [2.24, 2.45) is 0 Å². The van der Waals surface area contributed by atoms with Crippen LogP contribution in [-0.4, -0.2) is 0 Å². The van der Waals surface area contributed by atoms with Gasteiger partial charge < -0.3 is 4.74 Å². The third-order valence-electron chi connectivity index (χ3n) is 2.47. The zero-order valence-electron chi connectivity index (χ0n) is 9.80. The first-order chi connectivity index (χ1) is 9.08. The molecule has 0 atom stereocenters. The van der Waals surface area contributed by atoms with Crippen molar-refractivity contribution in [2.45, 2.75) is 11.9 Å². The summed E-state index contributed by atoms with van der Waals surface area (Å²) in [4.78, 5) is 0. The van der Waals surface area contributed by atoms with Crippen molar-refractivity contribution in [2.75, 3.05) is 0 Å². The Labute approximate surface area is 136 Å². The highest BCUT2D eigenvalue weighted by Gasteiger charge is 2.04. The summed E-state index contributed by atoms with van der Waals surface area (Å²) in [6, 6.07) is 10.6. The lowest BCUT2D eigenvalue weighted by Crippen LogP contribution is -1.97. The highest BCUT2D eigenvalue weighted by molar-refractivity contribution is 9.11. The molecule has 0 aliphatic carbocycles. The fourth-order valence-corrected chi connectivity index (χ4v) is 3.00. The van der Waals surface area contributed by atoms with Crippen molar-refractivity contribution < 1.29 is 9.13 Å². The van der Waals surface area contributed by atoms with Gasteiger partial charge in [0.25, 0.3) is 0 Å². The van der Waals surface area contributed by atoms with E-state index in [9.17, 15) is 4.39 Å². The van der Waals surface area contributed by atoms with Gasteiger partial charge in [-0.2, -0.15) is 0 Å². The number of hydrogen-bond acceptors (Lipinski definition) is 1. The quantitative estimate of drug-likeness (QED) is 0.531. The van der Waals surface area contributed by atoms with E-state index >= 15 is 0 Å². The Balaban J connectivity index is 2.10. The number of ether oxygens (including phenoxy) is 1. The molecule has 0 bridgehead atoms. The number of benzene rings is 2. The largest absolute Gasteiger partial charge is 0.488 e. The standard InChI is InChI=1S/C14H10Br3FO/c15-7-9-1-2-14(13(17)5-9)19-8-10-3-11(16)6-12(18)4-10/h1-6H,7-8H2. The summed E-state index contributed by atoms with van der Waals surface area (Å²) in [7, 11) is 0. The van der Waals surface area contributed by atoms with Gasteiger partial charge in [0.1, 0.15) is 18.2 Å². The monoisotopic (exact) mass is 450 g/mol. The van der Waals surface area contributed by atoms with Gasteiger partial charge in [0.2, 0.25) is 0 Å². The van der Waals surface area contributed by atoms with Crippen LogP contribution in [0.1, 0.15) is 11.1 Å². The van der Waals surface area contributed by atoms with Crippen molar-refractivity contribution in [3.05, 3.63) is 62.3 Å². The molecule has 0 amide bonds. The molecule has 0 fully saturated rings. The third-order valence-corrected chi connectivity index (χ3v) is 4.19. The summed E-state index contributed by atoms with van der Waals surface area (Å²) in [5, 5.41) is 0.794. The Morgan fingerprint density at radius 1 is 1.00 bits per heavy atom. The van der Waals surface area contributed by atoms with Gasteiger partial charge in [-0.15, -0.1) is 0 Å². The molecule has 0 aliphatic rings. The Morgan fingerprint density at radius 2 is 1.79 bits per heavy atom. The fourth-order valence-electron chi connectivity index (χ4n) is 1.60. The van der Waals surface area contributed by atoms with Gasteiger partial charge in [-0.1, -0.05) is 37.9 Å². The second-order valence-electron chi connectivity index (χ2n) is 3.96. The maximum atomic E-state index is 13.2. The van der Waals surface area contributed by atoms with E-state index in [2.05, 4.69) is 47.8 Å². The predicted molar refractivity (Wildman–Crippen MR) is 85.2 cm³/mol. The third kappa shape index (κ3) is 4.29. The van der Waals surface area contributed by atoms with Crippen molar-refractivity contribution in [1.82, 2.24) is 0 Å². The van der Waals surface area contributed by atoms with Crippen LogP contribution in [0.4, 0.5) is 4.39 Å². The summed E-state index contributed by atoms with van der Waals surface area (Å²) < 4.78 is 20.5. The van der Waals surface area contributed by atoms with Gasteiger partial charge in [0.05, 0.1) is 4.47 Å². The van der Waals surface area contributed by atoms with E-state index in [1.54, 1.807) is 0 Å². The Kier molecular flexibility index (Phi) is 5.42. The molecule has 2 rings (SSSR count). The van der Waals surface area contributed by atoms with Crippen LogP contribution >= 0.6 is 47.8 Å². The molecule has 0 unspecified atom stereocenters. The number of alkyl halides is 1. The second-order valence-corrected chi connectivity index (χ2v) is 6.30. The summed E-state index contributed by atoms with van der Waals surface area (Å²) in [6.45, 7) is 0.322. The molecule has 0 spiro atoms. The zero-order chi connectivity index (χ0) is 13.8. The van der Waals surface area contributed by atoms with Crippen molar-refractivity contribution in [3.63, 3.8) is 0 Å². The van der Waals surface area contributed by atoms with Gasteiger partial charge in [0, 0.05) is 9.80 Å². The van der Waals surface area contributed by atoms with Crippen LogP contribution in [-0.2, 0) is 11.9 Å². The second kappa shape index (κ2) is 6.86. The smallest absolute Gasteiger partial charge is 0.134 e. The van der Waals surface area contributed by atoms with Crippen LogP contribution < -0.4 is 4.74 Å². The highest BCUT2D eigenvalue weighted by Crippen LogP contribution is 2.28. The Bertz CT molecular complexity index is 567. The highest BCUT2D eigenvalue weighted by atomic mass is 79.9. The first-order valence-electron chi connectivity index (χ1n) is 5.50. The molecule has 2 aromatic rings. The van der Waals surface area contributed by atoms with Gasteiger partial charge in [-0.25, -0.2) is 4.39 Å². The van der Waals surface area contributed by atoms with Gasteiger partial charge in [-0.05, 0) is 57.4 Å². The summed E-state index contributed by atoms with van der Waals surface area (Å²) in [5.74, 6) is 0.465. The predicted octanol–water partition coefficient (Wildman–Crippen LogP) is 5.82. The molecule has 5 heteroatoms. The van der Waals surface area contributed by atoms with E-state index in [1.807, 2.05) is 24.3 Å².